The van der Waals surface area contributed by atoms with Gasteiger partial charge in [-0.15, -0.1) is 0 Å². The minimum absolute atomic E-state index is 0.0773. The van der Waals surface area contributed by atoms with Gasteiger partial charge in [0.05, 0.1) is 11.3 Å². The molecule has 2 aromatic rings. The summed E-state index contributed by atoms with van der Waals surface area (Å²) >= 11 is 5.88. The molecule has 2 rings (SSSR count). The molecule has 18 heavy (non-hydrogen) atoms. The average molecular weight is 265 g/mol. The molecule has 0 amide bonds. The molecule has 0 saturated heterocycles. The van der Waals surface area contributed by atoms with Gasteiger partial charge in [0.2, 0.25) is 0 Å². The van der Waals surface area contributed by atoms with E-state index in [1.807, 2.05) is 0 Å². The fourth-order valence-corrected chi connectivity index (χ4v) is 1.87. The van der Waals surface area contributed by atoms with Crippen LogP contribution in [0.3, 0.4) is 0 Å². The Morgan fingerprint density at radius 3 is 2.61 bits per heavy atom. The van der Waals surface area contributed by atoms with Gasteiger partial charge in [0.1, 0.15) is 16.8 Å². The Kier molecular flexibility index (Phi) is 3.39. The van der Waals surface area contributed by atoms with Gasteiger partial charge in [0.25, 0.3) is 0 Å². The molecule has 0 aliphatic heterocycles. The Labute approximate surface area is 109 Å². The van der Waals surface area contributed by atoms with E-state index < -0.39 is 0 Å². The van der Waals surface area contributed by atoms with Crippen molar-refractivity contribution in [1.82, 2.24) is 9.97 Å². The summed E-state index contributed by atoms with van der Waals surface area (Å²) in [6.07, 6.45) is 0.578. The number of aromatic nitrogens is 2. The maximum absolute atomic E-state index is 13.5. The summed E-state index contributed by atoms with van der Waals surface area (Å²) in [4.78, 5) is 19.1. The van der Waals surface area contributed by atoms with Crippen molar-refractivity contribution < 1.29 is 9.18 Å². The normalized spacial score (nSPS) is 10.4. The highest BCUT2D eigenvalue weighted by Crippen LogP contribution is 2.26. The second kappa shape index (κ2) is 4.82. The predicted molar refractivity (Wildman–Crippen MR) is 67.3 cm³/mol. The van der Waals surface area contributed by atoms with E-state index in [2.05, 4.69) is 9.97 Å². The van der Waals surface area contributed by atoms with E-state index in [9.17, 15) is 9.18 Å². The number of carbonyl (C=O) groups is 1. The molecule has 5 heteroatoms. The van der Waals surface area contributed by atoms with Crippen molar-refractivity contribution in [2.24, 2.45) is 0 Å². The predicted octanol–water partition coefficient (Wildman–Crippen LogP) is 3.37. The Balaban J connectivity index is 2.69. The minimum Gasteiger partial charge on any atom is -0.298 e. The highest BCUT2D eigenvalue weighted by Gasteiger charge is 2.13. The van der Waals surface area contributed by atoms with E-state index in [1.54, 1.807) is 26.0 Å². The summed E-state index contributed by atoms with van der Waals surface area (Å²) in [7, 11) is 0. The van der Waals surface area contributed by atoms with Crippen LogP contribution in [-0.2, 0) is 0 Å². The molecule has 1 aromatic heterocycles. The van der Waals surface area contributed by atoms with Gasteiger partial charge in [-0.3, -0.25) is 4.79 Å². The van der Waals surface area contributed by atoms with Crippen LogP contribution in [0.15, 0.2) is 18.2 Å². The number of hydrogen-bond donors (Lipinski definition) is 0. The molecular formula is C13H10ClFN2O. The molecule has 0 N–H and O–H groups in total. The summed E-state index contributed by atoms with van der Waals surface area (Å²) in [5.41, 5.74) is 1.56. The number of halogens is 2. The Morgan fingerprint density at radius 2 is 2.00 bits per heavy atom. The van der Waals surface area contributed by atoms with Crippen LogP contribution in [-0.4, -0.2) is 16.3 Å². The van der Waals surface area contributed by atoms with Crippen LogP contribution < -0.4 is 0 Å². The Hall–Kier alpha value is -1.81. The first-order valence-electron chi connectivity index (χ1n) is 5.28. The molecule has 0 atom stereocenters. The lowest BCUT2D eigenvalue weighted by molar-refractivity contribution is 0.112. The van der Waals surface area contributed by atoms with Crippen LogP contribution in [0, 0.1) is 19.7 Å². The zero-order valence-electron chi connectivity index (χ0n) is 9.87. The quantitative estimate of drug-likeness (QED) is 0.617. The van der Waals surface area contributed by atoms with Crippen molar-refractivity contribution in [3.63, 3.8) is 0 Å². The molecule has 92 valence electrons. The largest absolute Gasteiger partial charge is 0.298 e. The third-order valence-corrected chi connectivity index (χ3v) is 2.86. The Morgan fingerprint density at radius 1 is 1.28 bits per heavy atom. The summed E-state index contributed by atoms with van der Waals surface area (Å²) < 4.78 is 13.5. The number of benzene rings is 1. The van der Waals surface area contributed by atoms with Crippen molar-refractivity contribution in [3.8, 4) is 11.3 Å². The number of nitrogens with zero attached hydrogens (tertiary/aromatic N) is 2. The Bertz CT molecular complexity index is 629. The highest BCUT2D eigenvalue weighted by atomic mass is 35.5. The fraction of sp³-hybridized carbons (Fsp3) is 0.154. The van der Waals surface area contributed by atoms with Crippen molar-refractivity contribution in [2.75, 3.05) is 0 Å². The lowest BCUT2D eigenvalue weighted by Gasteiger charge is -2.07. The second-order valence-electron chi connectivity index (χ2n) is 3.91. The second-order valence-corrected chi connectivity index (χ2v) is 4.26. The number of aldehydes is 1. The van der Waals surface area contributed by atoms with E-state index in [0.29, 0.717) is 28.9 Å². The standard InChI is InChI=1S/C13H10ClFN2O/c1-7-3-4-9(5-11(7)15)12-10(6-18)13(14)17-8(2)16-12/h3-6H,1-2H3. The van der Waals surface area contributed by atoms with Gasteiger partial charge in [-0.1, -0.05) is 23.7 Å². The van der Waals surface area contributed by atoms with Gasteiger partial charge in [-0.25, -0.2) is 14.4 Å². The van der Waals surface area contributed by atoms with E-state index in [0.717, 1.165) is 0 Å². The first-order chi connectivity index (χ1) is 8.52. The first-order valence-corrected chi connectivity index (χ1v) is 5.66. The molecular weight excluding hydrogens is 255 g/mol. The summed E-state index contributed by atoms with van der Waals surface area (Å²) in [5.74, 6) is 0.0818. The number of carbonyl (C=O) groups excluding carboxylic acids is 1. The fourth-order valence-electron chi connectivity index (χ4n) is 1.61. The third-order valence-electron chi connectivity index (χ3n) is 2.57. The van der Waals surface area contributed by atoms with Gasteiger partial charge in [0.15, 0.2) is 6.29 Å². The SMILES string of the molecule is Cc1nc(Cl)c(C=O)c(-c2ccc(C)c(F)c2)n1. The van der Waals surface area contributed by atoms with Crippen LogP contribution in [0.5, 0.6) is 0 Å². The smallest absolute Gasteiger partial charge is 0.155 e. The first kappa shape index (κ1) is 12.6. The minimum atomic E-state index is -0.350. The van der Waals surface area contributed by atoms with Gasteiger partial charge in [-0.05, 0) is 25.5 Å². The molecule has 0 bridgehead atoms. The van der Waals surface area contributed by atoms with Crippen LogP contribution in [0.4, 0.5) is 4.39 Å². The van der Waals surface area contributed by atoms with Crippen LogP contribution >= 0.6 is 11.6 Å². The van der Waals surface area contributed by atoms with Crippen LogP contribution in [0.2, 0.25) is 5.15 Å². The maximum Gasteiger partial charge on any atom is 0.155 e. The average Bonchev–Trinajstić information content (AvgIpc) is 2.32. The molecule has 3 nitrogen and oxygen atoms in total. The number of rotatable bonds is 2. The molecule has 1 aromatic carbocycles. The molecule has 0 spiro atoms. The summed E-state index contributed by atoms with van der Waals surface area (Å²) in [6.45, 7) is 3.33. The van der Waals surface area contributed by atoms with Gasteiger partial charge < -0.3 is 0 Å². The highest BCUT2D eigenvalue weighted by molar-refractivity contribution is 6.32. The van der Waals surface area contributed by atoms with Gasteiger partial charge in [-0.2, -0.15) is 0 Å². The van der Waals surface area contributed by atoms with Crippen LogP contribution in [0.25, 0.3) is 11.3 Å². The summed E-state index contributed by atoms with van der Waals surface area (Å²) in [5, 5.41) is 0.0773. The third kappa shape index (κ3) is 2.24. The molecule has 0 aliphatic carbocycles. The summed E-state index contributed by atoms with van der Waals surface area (Å²) in [6, 6.07) is 4.66. The van der Waals surface area contributed by atoms with E-state index in [4.69, 9.17) is 11.6 Å². The zero-order valence-corrected chi connectivity index (χ0v) is 10.6. The maximum atomic E-state index is 13.5. The molecule has 0 aliphatic rings. The van der Waals surface area contributed by atoms with Gasteiger partial charge >= 0.3 is 0 Å². The molecule has 1 heterocycles. The van der Waals surface area contributed by atoms with Crippen molar-refractivity contribution in [3.05, 3.63) is 46.1 Å². The molecule has 0 unspecified atom stereocenters. The van der Waals surface area contributed by atoms with Crippen molar-refractivity contribution in [2.45, 2.75) is 13.8 Å². The lowest BCUT2D eigenvalue weighted by Crippen LogP contribution is -2.00. The van der Waals surface area contributed by atoms with E-state index >= 15 is 0 Å². The monoisotopic (exact) mass is 264 g/mol. The molecule has 0 fully saturated rings. The van der Waals surface area contributed by atoms with Crippen LogP contribution in [0.1, 0.15) is 21.7 Å². The van der Waals surface area contributed by atoms with E-state index in [1.165, 1.54) is 6.07 Å². The lowest BCUT2D eigenvalue weighted by atomic mass is 10.1. The van der Waals surface area contributed by atoms with Gasteiger partial charge in [0, 0.05) is 5.56 Å². The number of hydrogen-bond acceptors (Lipinski definition) is 3. The topological polar surface area (TPSA) is 42.9 Å². The van der Waals surface area contributed by atoms with E-state index in [-0.39, 0.29) is 16.5 Å². The number of aryl methyl sites for hydroxylation is 2. The molecule has 0 saturated carbocycles. The van der Waals surface area contributed by atoms with Crippen molar-refractivity contribution in [1.29, 1.82) is 0 Å². The van der Waals surface area contributed by atoms with Crippen molar-refractivity contribution >= 4 is 17.9 Å². The molecule has 0 radical (unpaired) electrons. The zero-order chi connectivity index (χ0) is 13.3.